The van der Waals surface area contributed by atoms with Crippen LogP contribution in [0.4, 0.5) is 0 Å². The molecule has 0 atom stereocenters. The minimum absolute atomic E-state index is 0. The third-order valence-corrected chi connectivity index (χ3v) is 3.38. The molecule has 2 N–H and O–H groups in total. The van der Waals surface area contributed by atoms with Gasteiger partial charge in [-0.25, -0.2) is 0 Å². The van der Waals surface area contributed by atoms with Crippen LogP contribution in [0.5, 0.6) is 5.75 Å². The molecule has 0 saturated heterocycles. The molecule has 1 aromatic carbocycles. The van der Waals surface area contributed by atoms with E-state index in [1.807, 2.05) is 24.3 Å². The Morgan fingerprint density at radius 1 is 1.35 bits per heavy atom. The number of hydrogen-bond acceptors (Lipinski definition) is 3. The molecule has 4 nitrogen and oxygen atoms in total. The van der Waals surface area contributed by atoms with Crippen molar-refractivity contribution >= 4 is 34.2 Å². The van der Waals surface area contributed by atoms with Crippen molar-refractivity contribution < 1.29 is 9.53 Å². The van der Waals surface area contributed by atoms with Gasteiger partial charge in [-0.05, 0) is 37.2 Å². The van der Waals surface area contributed by atoms with Gasteiger partial charge in [0, 0.05) is 17.6 Å². The van der Waals surface area contributed by atoms with Crippen molar-refractivity contribution in [1.29, 1.82) is 0 Å². The molecule has 0 fully saturated rings. The zero-order valence-corrected chi connectivity index (χ0v) is 13.4. The van der Waals surface area contributed by atoms with Gasteiger partial charge in [0.05, 0.1) is 0 Å². The first-order valence-electron chi connectivity index (χ1n) is 6.28. The van der Waals surface area contributed by atoms with Crippen molar-refractivity contribution in [2.45, 2.75) is 6.42 Å². The van der Waals surface area contributed by atoms with E-state index in [1.165, 1.54) is 5.57 Å². The molecule has 6 heteroatoms. The fourth-order valence-corrected chi connectivity index (χ4v) is 2.04. The predicted molar refractivity (Wildman–Crippen MR) is 85.5 cm³/mol. The van der Waals surface area contributed by atoms with Crippen LogP contribution in [0.3, 0.4) is 0 Å². The summed E-state index contributed by atoms with van der Waals surface area (Å²) in [7, 11) is 0. The van der Waals surface area contributed by atoms with Crippen LogP contribution < -0.4 is 15.4 Å². The van der Waals surface area contributed by atoms with E-state index in [0.29, 0.717) is 12.3 Å². The molecule has 0 radical (unpaired) electrons. The van der Waals surface area contributed by atoms with Crippen molar-refractivity contribution in [3.63, 3.8) is 0 Å². The van der Waals surface area contributed by atoms with E-state index in [0.717, 1.165) is 24.0 Å². The highest BCUT2D eigenvalue weighted by atomic mass is 79.9. The lowest BCUT2D eigenvalue weighted by molar-refractivity contribution is -0.122. The quantitative estimate of drug-likeness (QED) is 0.791. The summed E-state index contributed by atoms with van der Waals surface area (Å²) < 4.78 is 6.39. The third-order valence-electron chi connectivity index (χ3n) is 2.85. The maximum Gasteiger partial charge on any atom is 0.258 e. The van der Waals surface area contributed by atoms with Crippen molar-refractivity contribution in [1.82, 2.24) is 10.6 Å². The first kappa shape index (κ1) is 17.0. The van der Waals surface area contributed by atoms with Crippen LogP contribution in [0.2, 0.25) is 0 Å². The van der Waals surface area contributed by atoms with E-state index in [-0.39, 0.29) is 24.9 Å². The molecule has 0 spiro atoms. The van der Waals surface area contributed by atoms with Crippen molar-refractivity contribution in [3.05, 3.63) is 40.4 Å². The van der Waals surface area contributed by atoms with Crippen molar-refractivity contribution in [2.75, 3.05) is 26.2 Å². The van der Waals surface area contributed by atoms with E-state index in [2.05, 4.69) is 32.6 Å². The Morgan fingerprint density at radius 3 is 2.75 bits per heavy atom. The molecule has 0 bridgehead atoms. The van der Waals surface area contributed by atoms with Gasteiger partial charge in [0.15, 0.2) is 6.61 Å². The molecule has 1 heterocycles. The molecule has 0 aromatic heterocycles. The fraction of sp³-hybridized carbons (Fsp3) is 0.357. The largest absolute Gasteiger partial charge is 0.484 e. The number of hydrogen-bond donors (Lipinski definition) is 2. The number of amides is 1. The monoisotopic (exact) mass is 360 g/mol. The highest BCUT2D eigenvalue weighted by molar-refractivity contribution is 9.10. The van der Waals surface area contributed by atoms with E-state index < -0.39 is 0 Å². The lowest BCUT2D eigenvalue weighted by Gasteiger charge is -2.14. The third kappa shape index (κ3) is 5.94. The number of benzene rings is 1. The van der Waals surface area contributed by atoms with Crippen LogP contribution in [0, 0.1) is 0 Å². The molecule has 0 unspecified atom stereocenters. The molecule has 20 heavy (non-hydrogen) atoms. The first-order chi connectivity index (χ1) is 9.24. The lowest BCUT2D eigenvalue weighted by atomic mass is 10.1. The zero-order valence-electron chi connectivity index (χ0n) is 11.0. The molecule has 110 valence electrons. The number of carbonyl (C=O) groups excluding carboxylic acids is 1. The van der Waals surface area contributed by atoms with E-state index >= 15 is 0 Å². The number of nitrogens with one attached hydrogen (secondary N) is 2. The van der Waals surface area contributed by atoms with Crippen LogP contribution >= 0.6 is 28.3 Å². The Kier molecular flexibility index (Phi) is 7.65. The number of rotatable bonds is 5. The number of ether oxygens (including phenoxy) is 1. The summed E-state index contributed by atoms with van der Waals surface area (Å²) in [6.07, 6.45) is 3.12. The standard InChI is InChI=1S/C14H17BrN2O2.ClH/c15-12-1-3-13(4-2-12)19-10-14(18)17-9-11-5-7-16-8-6-11;/h1-5,16H,6-10H2,(H,17,18);1H. The fourth-order valence-electron chi connectivity index (χ4n) is 1.77. The summed E-state index contributed by atoms with van der Waals surface area (Å²) in [5, 5.41) is 6.10. The summed E-state index contributed by atoms with van der Waals surface area (Å²) in [6.45, 7) is 2.54. The van der Waals surface area contributed by atoms with Gasteiger partial charge in [0.2, 0.25) is 0 Å². The SMILES string of the molecule is Cl.O=C(COc1ccc(Br)cc1)NCC1=CCNCC1. The Hall–Kier alpha value is -1.04. The maximum atomic E-state index is 11.6. The van der Waals surface area contributed by atoms with E-state index in [4.69, 9.17) is 4.74 Å². The second-order valence-corrected chi connectivity index (χ2v) is 5.25. The average molecular weight is 362 g/mol. The average Bonchev–Trinajstić information content (AvgIpc) is 2.45. The molecule has 0 aliphatic carbocycles. The molecule has 0 saturated carbocycles. The van der Waals surface area contributed by atoms with Crippen LogP contribution in [0.1, 0.15) is 6.42 Å². The Morgan fingerprint density at radius 2 is 2.10 bits per heavy atom. The molecule has 1 aromatic rings. The van der Waals surface area contributed by atoms with Gasteiger partial charge in [0.25, 0.3) is 5.91 Å². The Bertz CT molecular complexity index is 463. The smallest absolute Gasteiger partial charge is 0.258 e. The lowest BCUT2D eigenvalue weighted by Crippen LogP contribution is -2.32. The molecular weight excluding hydrogens is 344 g/mol. The van der Waals surface area contributed by atoms with Crippen LogP contribution in [0.15, 0.2) is 40.4 Å². The highest BCUT2D eigenvalue weighted by Gasteiger charge is 2.06. The topological polar surface area (TPSA) is 50.4 Å². The van der Waals surface area contributed by atoms with E-state index in [1.54, 1.807) is 0 Å². The zero-order chi connectivity index (χ0) is 13.5. The number of carbonyl (C=O) groups is 1. The molecular formula is C14H18BrClN2O2. The molecule has 1 aliphatic rings. The second kappa shape index (κ2) is 9.00. The Balaban J connectivity index is 0.00000200. The van der Waals surface area contributed by atoms with Crippen molar-refractivity contribution in [3.8, 4) is 5.75 Å². The van der Waals surface area contributed by atoms with Crippen molar-refractivity contribution in [2.24, 2.45) is 0 Å². The maximum absolute atomic E-state index is 11.6. The summed E-state index contributed by atoms with van der Waals surface area (Å²) in [5.41, 5.74) is 1.27. The number of halogens is 2. The van der Waals surface area contributed by atoms with Gasteiger partial charge in [-0.2, -0.15) is 0 Å². The molecule has 1 amide bonds. The van der Waals surface area contributed by atoms with Crippen LogP contribution in [0.25, 0.3) is 0 Å². The summed E-state index contributed by atoms with van der Waals surface area (Å²) in [6, 6.07) is 7.42. The summed E-state index contributed by atoms with van der Waals surface area (Å²) in [4.78, 5) is 11.6. The molecule has 2 rings (SSSR count). The summed E-state index contributed by atoms with van der Waals surface area (Å²) in [5.74, 6) is 0.599. The van der Waals surface area contributed by atoms with Gasteiger partial charge in [-0.1, -0.05) is 27.6 Å². The normalized spacial score (nSPS) is 13.9. The predicted octanol–water partition coefficient (Wildman–Crippen LogP) is 2.29. The van der Waals surface area contributed by atoms with Gasteiger partial charge >= 0.3 is 0 Å². The highest BCUT2D eigenvalue weighted by Crippen LogP contribution is 2.15. The van der Waals surface area contributed by atoms with Gasteiger partial charge in [-0.15, -0.1) is 12.4 Å². The van der Waals surface area contributed by atoms with Crippen LogP contribution in [-0.2, 0) is 4.79 Å². The van der Waals surface area contributed by atoms with E-state index in [9.17, 15) is 4.79 Å². The summed E-state index contributed by atoms with van der Waals surface area (Å²) >= 11 is 3.35. The van der Waals surface area contributed by atoms with Gasteiger partial charge < -0.3 is 15.4 Å². The van der Waals surface area contributed by atoms with Crippen LogP contribution in [-0.4, -0.2) is 32.1 Å². The minimum atomic E-state index is -0.0950. The minimum Gasteiger partial charge on any atom is -0.484 e. The molecule has 1 aliphatic heterocycles. The van der Waals surface area contributed by atoms with Gasteiger partial charge in [0.1, 0.15) is 5.75 Å². The first-order valence-corrected chi connectivity index (χ1v) is 7.07. The van der Waals surface area contributed by atoms with Gasteiger partial charge in [-0.3, -0.25) is 4.79 Å². The Labute approximate surface area is 133 Å². The second-order valence-electron chi connectivity index (χ2n) is 4.34.